The molecular formula is C24H28N6OS. The van der Waals surface area contributed by atoms with Crippen LogP contribution in [0.15, 0.2) is 48.1 Å². The first-order valence-electron chi connectivity index (χ1n) is 10.9. The van der Waals surface area contributed by atoms with Crippen molar-refractivity contribution in [1.29, 1.82) is 0 Å². The summed E-state index contributed by atoms with van der Waals surface area (Å²) in [5, 5.41) is 7.79. The van der Waals surface area contributed by atoms with Crippen LogP contribution in [0.1, 0.15) is 11.4 Å². The average molecular weight is 449 g/mol. The quantitative estimate of drug-likeness (QED) is 0.447. The first kappa shape index (κ1) is 21.1. The van der Waals surface area contributed by atoms with Gasteiger partial charge in [-0.15, -0.1) is 11.3 Å². The fraction of sp³-hybridized carbons (Fsp3) is 0.375. The van der Waals surface area contributed by atoms with Gasteiger partial charge in [-0.2, -0.15) is 5.10 Å². The SMILES string of the molecule is Cc1cnn(CC2CN(c3nc(CN(C)C)nc4scc(-c5ccccc5)c34)CCO2)c1. The summed E-state index contributed by atoms with van der Waals surface area (Å²) in [6, 6.07) is 10.5. The Labute approximate surface area is 192 Å². The molecule has 3 aromatic heterocycles. The van der Waals surface area contributed by atoms with Gasteiger partial charge in [-0.05, 0) is 32.1 Å². The summed E-state index contributed by atoms with van der Waals surface area (Å²) in [6.45, 7) is 5.76. The third kappa shape index (κ3) is 4.39. The van der Waals surface area contributed by atoms with E-state index in [-0.39, 0.29) is 6.10 Å². The van der Waals surface area contributed by atoms with Crippen molar-refractivity contribution in [3.8, 4) is 11.1 Å². The second-order valence-electron chi connectivity index (χ2n) is 8.58. The van der Waals surface area contributed by atoms with Gasteiger partial charge < -0.3 is 14.5 Å². The third-order valence-electron chi connectivity index (χ3n) is 5.59. The van der Waals surface area contributed by atoms with Gasteiger partial charge in [0.05, 0.1) is 37.4 Å². The molecule has 0 N–H and O–H groups in total. The van der Waals surface area contributed by atoms with Crippen LogP contribution in [0, 0.1) is 6.92 Å². The maximum absolute atomic E-state index is 6.09. The highest BCUT2D eigenvalue weighted by Crippen LogP contribution is 2.38. The largest absolute Gasteiger partial charge is 0.373 e. The number of benzene rings is 1. The first-order chi connectivity index (χ1) is 15.6. The zero-order valence-electron chi connectivity index (χ0n) is 18.7. The van der Waals surface area contributed by atoms with Gasteiger partial charge in [-0.25, -0.2) is 9.97 Å². The van der Waals surface area contributed by atoms with Gasteiger partial charge in [0.25, 0.3) is 0 Å². The van der Waals surface area contributed by atoms with Crippen LogP contribution < -0.4 is 4.90 Å². The Hall–Kier alpha value is -2.81. The van der Waals surface area contributed by atoms with Gasteiger partial charge >= 0.3 is 0 Å². The Morgan fingerprint density at radius 2 is 2.03 bits per heavy atom. The lowest BCUT2D eigenvalue weighted by Gasteiger charge is -2.34. The fourth-order valence-electron chi connectivity index (χ4n) is 4.18. The summed E-state index contributed by atoms with van der Waals surface area (Å²) < 4.78 is 8.06. The molecule has 0 spiro atoms. The molecule has 1 fully saturated rings. The van der Waals surface area contributed by atoms with Crippen LogP contribution in [0.3, 0.4) is 0 Å². The van der Waals surface area contributed by atoms with E-state index in [1.54, 1.807) is 11.3 Å². The van der Waals surface area contributed by atoms with E-state index < -0.39 is 0 Å². The zero-order chi connectivity index (χ0) is 22.1. The molecule has 1 aliphatic heterocycles. The number of aromatic nitrogens is 4. The molecule has 7 nitrogen and oxygen atoms in total. The Kier molecular flexibility index (Phi) is 5.91. The van der Waals surface area contributed by atoms with Crippen LogP contribution >= 0.6 is 11.3 Å². The molecule has 0 saturated carbocycles. The minimum absolute atomic E-state index is 0.0594. The second-order valence-corrected chi connectivity index (χ2v) is 9.43. The van der Waals surface area contributed by atoms with Gasteiger partial charge in [0.15, 0.2) is 0 Å². The van der Waals surface area contributed by atoms with E-state index in [0.717, 1.165) is 47.1 Å². The highest BCUT2D eigenvalue weighted by Gasteiger charge is 2.26. The maximum Gasteiger partial charge on any atom is 0.146 e. The number of anilines is 1. The van der Waals surface area contributed by atoms with Crippen LogP contribution in [0.2, 0.25) is 0 Å². The van der Waals surface area contributed by atoms with E-state index >= 15 is 0 Å². The van der Waals surface area contributed by atoms with Crippen molar-refractivity contribution in [2.45, 2.75) is 26.1 Å². The summed E-state index contributed by atoms with van der Waals surface area (Å²) >= 11 is 1.69. The molecule has 1 aromatic carbocycles. The van der Waals surface area contributed by atoms with E-state index in [2.05, 4.69) is 57.7 Å². The van der Waals surface area contributed by atoms with E-state index in [0.29, 0.717) is 13.2 Å². The predicted octanol–water partition coefficient (Wildman–Crippen LogP) is 3.83. The maximum atomic E-state index is 6.09. The number of ether oxygens (including phenoxy) is 1. The van der Waals surface area contributed by atoms with Crippen molar-refractivity contribution in [2.75, 3.05) is 38.7 Å². The summed E-state index contributed by atoms with van der Waals surface area (Å²) in [6.07, 6.45) is 4.01. The standard InChI is InChI=1S/C24H28N6OS/c1-17-11-25-30(12-17)14-19-13-29(9-10-31-19)23-22-20(18-7-5-4-6-8-18)16-32-24(22)27-21(26-23)15-28(2)3/h4-8,11-12,16,19H,9-10,13-15H2,1-3H3. The van der Waals surface area contributed by atoms with E-state index in [1.807, 2.05) is 31.0 Å². The Bertz CT molecular complexity index is 1200. The number of aryl methyl sites for hydroxylation is 1. The summed E-state index contributed by atoms with van der Waals surface area (Å²) in [4.78, 5) is 15.5. The normalized spacial score (nSPS) is 16.9. The van der Waals surface area contributed by atoms with Gasteiger partial charge in [0, 0.05) is 30.2 Å². The highest BCUT2D eigenvalue weighted by atomic mass is 32.1. The molecule has 32 heavy (non-hydrogen) atoms. The summed E-state index contributed by atoms with van der Waals surface area (Å²) in [7, 11) is 4.10. The lowest BCUT2D eigenvalue weighted by atomic mass is 10.1. The summed E-state index contributed by atoms with van der Waals surface area (Å²) in [5.41, 5.74) is 3.55. The predicted molar refractivity (Wildman–Crippen MR) is 129 cm³/mol. The molecule has 0 amide bonds. The van der Waals surface area contributed by atoms with Crippen molar-refractivity contribution in [1.82, 2.24) is 24.6 Å². The lowest BCUT2D eigenvalue weighted by molar-refractivity contribution is 0.0272. The van der Waals surface area contributed by atoms with Gasteiger partial charge in [0.1, 0.15) is 16.5 Å². The number of fused-ring (bicyclic) bond motifs is 1. The van der Waals surface area contributed by atoms with E-state index in [9.17, 15) is 0 Å². The highest BCUT2D eigenvalue weighted by molar-refractivity contribution is 7.17. The second kappa shape index (κ2) is 8.97. The molecule has 1 atom stereocenters. The van der Waals surface area contributed by atoms with Crippen LogP contribution in [-0.2, 0) is 17.8 Å². The van der Waals surface area contributed by atoms with Crippen molar-refractivity contribution < 1.29 is 4.74 Å². The molecule has 0 radical (unpaired) electrons. The van der Waals surface area contributed by atoms with Gasteiger partial charge in [-0.1, -0.05) is 30.3 Å². The van der Waals surface area contributed by atoms with Crippen LogP contribution in [0.5, 0.6) is 0 Å². The van der Waals surface area contributed by atoms with Crippen molar-refractivity contribution in [2.24, 2.45) is 0 Å². The Morgan fingerprint density at radius 3 is 2.78 bits per heavy atom. The minimum Gasteiger partial charge on any atom is -0.373 e. The van der Waals surface area contributed by atoms with Crippen molar-refractivity contribution >= 4 is 27.4 Å². The molecule has 8 heteroatoms. The molecule has 4 aromatic rings. The molecular weight excluding hydrogens is 420 g/mol. The molecule has 1 saturated heterocycles. The minimum atomic E-state index is 0.0594. The third-order valence-corrected chi connectivity index (χ3v) is 6.47. The Morgan fingerprint density at radius 1 is 1.19 bits per heavy atom. The topological polar surface area (TPSA) is 59.3 Å². The molecule has 4 heterocycles. The molecule has 0 bridgehead atoms. The van der Waals surface area contributed by atoms with Crippen LogP contribution in [0.4, 0.5) is 5.82 Å². The van der Waals surface area contributed by atoms with Gasteiger partial charge in [-0.3, -0.25) is 4.68 Å². The first-order valence-corrected chi connectivity index (χ1v) is 11.8. The number of hydrogen-bond acceptors (Lipinski definition) is 7. The zero-order valence-corrected chi connectivity index (χ0v) is 19.5. The van der Waals surface area contributed by atoms with E-state index in [1.165, 1.54) is 11.1 Å². The average Bonchev–Trinajstić information content (AvgIpc) is 3.39. The number of hydrogen-bond donors (Lipinski definition) is 0. The van der Waals surface area contributed by atoms with Crippen molar-refractivity contribution in [3.05, 3.63) is 59.5 Å². The number of rotatable bonds is 6. The fourth-order valence-corrected chi connectivity index (χ4v) is 5.14. The molecule has 1 unspecified atom stereocenters. The molecule has 166 valence electrons. The summed E-state index contributed by atoms with van der Waals surface area (Å²) in [5.74, 6) is 1.86. The van der Waals surface area contributed by atoms with Gasteiger partial charge in [0.2, 0.25) is 0 Å². The molecule has 5 rings (SSSR count). The Balaban J connectivity index is 1.53. The molecule has 1 aliphatic rings. The molecule has 0 aliphatic carbocycles. The number of thiophene rings is 1. The van der Waals surface area contributed by atoms with Crippen molar-refractivity contribution in [3.63, 3.8) is 0 Å². The monoisotopic (exact) mass is 448 g/mol. The van der Waals surface area contributed by atoms with E-state index in [4.69, 9.17) is 14.7 Å². The number of nitrogens with zero attached hydrogens (tertiary/aromatic N) is 6. The number of morpholine rings is 1. The smallest absolute Gasteiger partial charge is 0.146 e. The van der Waals surface area contributed by atoms with Crippen LogP contribution in [0.25, 0.3) is 21.3 Å². The lowest BCUT2D eigenvalue weighted by Crippen LogP contribution is -2.45. The van der Waals surface area contributed by atoms with Crippen LogP contribution in [-0.4, -0.2) is 64.5 Å².